The van der Waals surface area contributed by atoms with Crippen LogP contribution in [0.3, 0.4) is 0 Å². The number of carboxylic acid groups (broad SMARTS) is 1. The predicted octanol–water partition coefficient (Wildman–Crippen LogP) is 9.95. The topological polar surface area (TPSA) is 194 Å². The second-order valence-electron chi connectivity index (χ2n) is 12.4. The van der Waals surface area contributed by atoms with Gasteiger partial charge in [-0.2, -0.15) is 18.3 Å². The minimum absolute atomic E-state index is 0. The summed E-state index contributed by atoms with van der Waals surface area (Å²) in [7, 11) is 0. The van der Waals surface area contributed by atoms with E-state index in [-0.39, 0.29) is 66.6 Å². The Bertz CT molecular complexity index is 2820. The first-order chi connectivity index (χ1) is 30.5. The molecule has 6 heterocycles. The summed E-state index contributed by atoms with van der Waals surface area (Å²) in [5.41, 5.74) is 4.60. The number of carboxylic acids is 1. The molecule has 2 aromatic carbocycles. The fourth-order valence-corrected chi connectivity index (χ4v) is 6.59. The molecular formula is C44H27F3N8O6RuS2. The van der Waals surface area contributed by atoms with Crippen LogP contribution in [0.25, 0.3) is 50.0 Å². The standard InChI is InChI=1S/C25H16F3N4S.C18H11N3O6.CNS.Ru/c26-25(27,28)24-14-22(30-31-24)21-12-11-17(15-29-21)23-13-20(16-33-23)32(18-7-3-1-4-8-18)19-9-5-2-6-10-19;22-9-26-12-2-4-20-15(6-12)17-8-13(27-10-23)7-16(21-17)14-5-11(18(24)25)1-3-19-14;2-1-3;/h1-16H;1-10H,(H,24,25);;/q-1;;-1;+2. The van der Waals surface area contributed by atoms with Crippen molar-refractivity contribution in [1.82, 2.24) is 30.1 Å². The van der Waals surface area contributed by atoms with E-state index >= 15 is 0 Å². The number of para-hydroxylation sites is 2. The van der Waals surface area contributed by atoms with Crippen molar-refractivity contribution in [3.8, 4) is 56.1 Å². The maximum Gasteiger partial charge on any atom is 2.00 e. The number of aromatic nitrogens is 6. The largest absolute Gasteiger partial charge is 2.00 e. The molecule has 0 bridgehead atoms. The molecule has 0 saturated carbocycles. The Labute approximate surface area is 383 Å². The zero-order chi connectivity index (χ0) is 44.8. The first kappa shape index (κ1) is 47.4. The van der Waals surface area contributed by atoms with E-state index in [9.17, 15) is 27.6 Å². The fraction of sp³-hybridized carbons (Fsp3) is 0.0227. The Hall–Kier alpha value is -7.63. The van der Waals surface area contributed by atoms with Crippen molar-refractivity contribution >= 4 is 64.7 Å². The third-order valence-electron chi connectivity index (χ3n) is 8.44. The van der Waals surface area contributed by atoms with Gasteiger partial charge in [-0.3, -0.25) is 24.5 Å². The van der Waals surface area contributed by atoms with Crippen LogP contribution in [0.1, 0.15) is 16.1 Å². The van der Waals surface area contributed by atoms with E-state index in [0.29, 0.717) is 17.1 Å². The van der Waals surface area contributed by atoms with Crippen molar-refractivity contribution in [1.29, 1.82) is 0 Å². The van der Waals surface area contributed by atoms with Crippen molar-refractivity contribution in [3.05, 3.63) is 162 Å². The fourth-order valence-electron chi connectivity index (χ4n) is 5.72. The van der Waals surface area contributed by atoms with Crippen LogP contribution >= 0.6 is 23.6 Å². The number of hydrogen-bond acceptors (Lipinski definition) is 13. The van der Waals surface area contributed by atoms with E-state index < -0.39 is 17.8 Å². The first-order valence-electron chi connectivity index (χ1n) is 17.9. The molecule has 0 unspecified atom stereocenters. The van der Waals surface area contributed by atoms with Gasteiger partial charge in [0.25, 0.3) is 12.9 Å². The number of alkyl halides is 3. The van der Waals surface area contributed by atoms with Crippen molar-refractivity contribution in [2.45, 2.75) is 6.18 Å². The Balaban J connectivity index is 0.000000228. The van der Waals surface area contributed by atoms with E-state index in [4.69, 9.17) is 20.0 Å². The molecule has 0 spiro atoms. The molecule has 0 aliphatic heterocycles. The molecule has 1 N–H and O–H groups in total. The summed E-state index contributed by atoms with van der Waals surface area (Å²) in [6.45, 7) is 0.536. The van der Waals surface area contributed by atoms with E-state index in [2.05, 4.69) is 83.0 Å². The summed E-state index contributed by atoms with van der Waals surface area (Å²) >= 11 is 5.27. The summed E-state index contributed by atoms with van der Waals surface area (Å²) in [6.07, 6.45) is -0.125. The van der Waals surface area contributed by atoms with Crippen molar-refractivity contribution in [2.24, 2.45) is 0 Å². The third-order valence-corrected chi connectivity index (χ3v) is 9.41. The van der Waals surface area contributed by atoms with Crippen LogP contribution in [0, 0.1) is 0 Å². The molecule has 6 aromatic heterocycles. The molecule has 0 fully saturated rings. The van der Waals surface area contributed by atoms with Crippen LogP contribution in [0.2, 0.25) is 0 Å². The average Bonchev–Trinajstić information content (AvgIpc) is 4.00. The van der Waals surface area contributed by atoms with Gasteiger partial charge in [0, 0.05) is 69.7 Å². The molecule has 20 heteroatoms. The zero-order valence-corrected chi connectivity index (χ0v) is 35.8. The number of aromatic carboxylic acids is 1. The summed E-state index contributed by atoms with van der Waals surface area (Å²) < 4.78 is 48.1. The van der Waals surface area contributed by atoms with Gasteiger partial charge in [0.2, 0.25) is 0 Å². The van der Waals surface area contributed by atoms with Crippen LogP contribution in [-0.4, -0.2) is 54.2 Å². The molecule has 0 aliphatic carbocycles. The number of carbonyl (C=O) groups is 3. The maximum atomic E-state index is 12.8. The Morgan fingerprint density at radius 2 is 1.33 bits per heavy atom. The molecule has 64 heavy (non-hydrogen) atoms. The molecule has 8 rings (SSSR count). The number of benzene rings is 2. The van der Waals surface area contributed by atoms with Crippen molar-refractivity contribution < 1.29 is 61.6 Å². The number of hydrogen-bond donors (Lipinski definition) is 1. The van der Waals surface area contributed by atoms with E-state index in [1.54, 1.807) is 23.6 Å². The number of halogens is 3. The number of nitrogens with zero attached hydrogens (tertiary/aromatic N) is 8. The number of pyridine rings is 4. The van der Waals surface area contributed by atoms with Gasteiger partial charge in [0.1, 0.15) is 17.2 Å². The quantitative estimate of drug-likeness (QED) is 0.0526. The molecule has 14 nitrogen and oxygen atoms in total. The van der Waals surface area contributed by atoms with Gasteiger partial charge in [-0.25, -0.2) is 9.78 Å². The first-order valence-corrected chi connectivity index (χ1v) is 19.2. The summed E-state index contributed by atoms with van der Waals surface area (Å²) in [4.78, 5) is 52.6. The zero-order valence-electron chi connectivity index (χ0n) is 32.4. The molecule has 0 radical (unpaired) electrons. The predicted molar refractivity (Wildman–Crippen MR) is 231 cm³/mol. The van der Waals surface area contributed by atoms with Gasteiger partial charge in [-0.05, 0) is 66.7 Å². The summed E-state index contributed by atoms with van der Waals surface area (Å²) in [6, 6.07) is 35.2. The summed E-state index contributed by atoms with van der Waals surface area (Å²) in [5.74, 6) is -0.693. The molecule has 8 aromatic rings. The molecule has 320 valence electrons. The van der Waals surface area contributed by atoms with Crippen LogP contribution in [0.5, 0.6) is 11.5 Å². The Morgan fingerprint density at radius 1 is 0.750 bits per heavy atom. The Morgan fingerprint density at radius 3 is 1.88 bits per heavy atom. The minimum atomic E-state index is -4.53. The van der Waals surface area contributed by atoms with Crippen LogP contribution in [0.4, 0.5) is 30.2 Å². The molecular weight excluding hydrogens is 959 g/mol. The molecule has 0 aliphatic rings. The number of anilines is 3. The van der Waals surface area contributed by atoms with Crippen molar-refractivity contribution in [2.75, 3.05) is 4.90 Å². The van der Waals surface area contributed by atoms with Gasteiger partial charge >= 0.3 is 31.6 Å². The number of thiophene rings is 1. The molecule has 0 saturated heterocycles. The van der Waals surface area contributed by atoms with Gasteiger partial charge in [0.15, 0.2) is 0 Å². The van der Waals surface area contributed by atoms with Gasteiger partial charge in [0.05, 0.1) is 34.0 Å². The normalized spacial score (nSPS) is 10.3. The smallest absolute Gasteiger partial charge is 0.753 e. The SMILES string of the molecule is FC(F)(F)c1cc(-c2ccc(-c3cc(N(c4ccccc4)c4ccccc4)cs3)cn2)[n-]n1.O=COc1ccnc(-c2cc(OC=O)cc(-c3cc(C(=O)O)ccn3)n2)c1.[N-]=C=S.[Ru+2]. The van der Waals surface area contributed by atoms with Crippen LogP contribution in [-0.2, 0) is 35.2 Å². The van der Waals surface area contributed by atoms with Gasteiger partial charge in [-0.15, -0.1) is 11.3 Å². The summed E-state index contributed by atoms with van der Waals surface area (Å²) in [5, 5.41) is 26.5. The second-order valence-corrected chi connectivity index (χ2v) is 13.5. The molecule has 0 atom stereocenters. The van der Waals surface area contributed by atoms with E-state index in [1.165, 1.54) is 54.0 Å². The van der Waals surface area contributed by atoms with Crippen LogP contribution in [0.15, 0.2) is 145 Å². The van der Waals surface area contributed by atoms with Gasteiger partial charge in [-0.1, -0.05) is 54.3 Å². The Kier molecular flexibility index (Phi) is 16.6. The number of rotatable bonds is 12. The molecule has 0 amide bonds. The van der Waals surface area contributed by atoms with E-state index in [1.807, 2.05) is 42.5 Å². The minimum Gasteiger partial charge on any atom is -0.753 e. The van der Waals surface area contributed by atoms with E-state index in [0.717, 1.165) is 33.6 Å². The average molecular weight is 986 g/mol. The third kappa shape index (κ3) is 12.3. The number of ether oxygens (including phenoxy) is 2. The number of isothiocyanates is 1. The number of carbonyl (C=O) groups excluding carboxylic acids is 2. The second kappa shape index (κ2) is 22.5. The van der Waals surface area contributed by atoms with Crippen molar-refractivity contribution in [3.63, 3.8) is 0 Å². The number of thiocarbonyl (C=S) groups is 1. The monoisotopic (exact) mass is 986 g/mol. The maximum absolute atomic E-state index is 12.8. The van der Waals surface area contributed by atoms with Gasteiger partial charge < -0.3 is 35.1 Å². The van der Waals surface area contributed by atoms with Crippen LogP contribution < -0.4 is 19.5 Å².